The van der Waals surface area contributed by atoms with Gasteiger partial charge >= 0.3 is 0 Å². The molecule has 88 valence electrons. The molecule has 1 rings (SSSR count). The highest BCUT2D eigenvalue weighted by atomic mass is 16.4. The van der Waals surface area contributed by atoms with Gasteiger partial charge < -0.3 is 10.9 Å². The highest BCUT2D eigenvalue weighted by molar-refractivity contribution is 5.79. The van der Waals surface area contributed by atoms with E-state index < -0.39 is 0 Å². The molecule has 0 bridgehead atoms. The van der Waals surface area contributed by atoms with Crippen LogP contribution in [-0.2, 0) is 0 Å². The Morgan fingerprint density at radius 2 is 2.07 bits per heavy atom. The lowest BCUT2D eigenvalue weighted by Crippen LogP contribution is -2.38. The number of rotatable bonds is 7. The molecule has 1 aliphatic rings. The van der Waals surface area contributed by atoms with Crippen molar-refractivity contribution in [3.63, 3.8) is 0 Å². The Bertz CT molecular complexity index is 210. The molecule has 1 fully saturated rings. The molecule has 4 nitrogen and oxygen atoms in total. The molecule has 1 saturated carbocycles. The average Bonchev–Trinajstić information content (AvgIpc) is 3.07. The lowest BCUT2D eigenvalue weighted by atomic mass is 10.1. The second-order valence-corrected chi connectivity index (χ2v) is 4.28. The van der Waals surface area contributed by atoms with Gasteiger partial charge in [0.15, 0.2) is 0 Å². The third-order valence-electron chi connectivity index (χ3n) is 3.18. The second-order valence-electron chi connectivity index (χ2n) is 4.28. The fourth-order valence-electron chi connectivity index (χ4n) is 2.12. The molecular weight excluding hydrogens is 190 g/mol. The van der Waals surface area contributed by atoms with Crippen molar-refractivity contribution in [2.24, 2.45) is 10.9 Å². The summed E-state index contributed by atoms with van der Waals surface area (Å²) >= 11 is 0. The highest BCUT2D eigenvalue weighted by Crippen LogP contribution is 2.30. The van der Waals surface area contributed by atoms with Crippen molar-refractivity contribution in [2.45, 2.75) is 58.0 Å². The van der Waals surface area contributed by atoms with Crippen LogP contribution in [0.15, 0.2) is 5.16 Å². The summed E-state index contributed by atoms with van der Waals surface area (Å²) in [5, 5.41) is 11.5. The molecular formula is C11H23N3O. The van der Waals surface area contributed by atoms with Gasteiger partial charge in [-0.2, -0.15) is 0 Å². The Morgan fingerprint density at radius 3 is 2.47 bits per heavy atom. The quantitative estimate of drug-likeness (QED) is 0.293. The van der Waals surface area contributed by atoms with Crippen LogP contribution in [0.25, 0.3) is 0 Å². The van der Waals surface area contributed by atoms with Crippen LogP contribution in [0.3, 0.4) is 0 Å². The lowest BCUT2D eigenvalue weighted by molar-refractivity contribution is 0.180. The fraction of sp³-hybridized carbons (Fsp3) is 0.909. The van der Waals surface area contributed by atoms with E-state index in [1.54, 1.807) is 0 Å². The van der Waals surface area contributed by atoms with E-state index in [0.717, 1.165) is 12.6 Å². The second kappa shape index (κ2) is 5.95. The predicted octanol–water partition coefficient (Wildman–Crippen LogP) is 1.78. The van der Waals surface area contributed by atoms with E-state index in [1.165, 1.54) is 25.7 Å². The van der Waals surface area contributed by atoms with Crippen molar-refractivity contribution in [2.75, 3.05) is 6.54 Å². The van der Waals surface area contributed by atoms with Crippen LogP contribution >= 0.6 is 0 Å². The molecule has 0 amide bonds. The minimum atomic E-state index is 0.339. The Morgan fingerprint density at radius 1 is 1.47 bits per heavy atom. The molecule has 0 heterocycles. The first-order valence-electron chi connectivity index (χ1n) is 5.95. The van der Waals surface area contributed by atoms with E-state index in [1.807, 2.05) is 0 Å². The molecule has 0 atom stereocenters. The SMILES string of the molecule is CCC(CC)N(CCC(N)=NO)C1CC1. The van der Waals surface area contributed by atoms with Crippen LogP contribution in [-0.4, -0.2) is 34.6 Å². The topological polar surface area (TPSA) is 61.8 Å². The normalized spacial score (nSPS) is 17.7. The average molecular weight is 213 g/mol. The number of oxime groups is 1. The molecule has 0 spiro atoms. The van der Waals surface area contributed by atoms with Crippen LogP contribution in [0, 0.1) is 0 Å². The van der Waals surface area contributed by atoms with Gasteiger partial charge in [-0.05, 0) is 25.7 Å². The van der Waals surface area contributed by atoms with Crippen molar-refractivity contribution < 1.29 is 5.21 Å². The monoisotopic (exact) mass is 213 g/mol. The number of nitrogens with zero attached hydrogens (tertiary/aromatic N) is 2. The zero-order valence-electron chi connectivity index (χ0n) is 9.82. The smallest absolute Gasteiger partial charge is 0.140 e. The van der Waals surface area contributed by atoms with Crippen LogP contribution in [0.5, 0.6) is 0 Å². The van der Waals surface area contributed by atoms with Gasteiger partial charge in [0.1, 0.15) is 5.84 Å². The molecule has 0 aromatic rings. The van der Waals surface area contributed by atoms with E-state index in [9.17, 15) is 0 Å². The lowest BCUT2D eigenvalue weighted by Gasteiger charge is -2.30. The van der Waals surface area contributed by atoms with Gasteiger partial charge in [-0.15, -0.1) is 0 Å². The van der Waals surface area contributed by atoms with Gasteiger partial charge in [0, 0.05) is 25.0 Å². The largest absolute Gasteiger partial charge is 0.409 e. The maximum absolute atomic E-state index is 8.50. The number of hydrogen-bond acceptors (Lipinski definition) is 3. The van der Waals surface area contributed by atoms with Gasteiger partial charge in [0.05, 0.1) is 0 Å². The van der Waals surface area contributed by atoms with Crippen LogP contribution in [0.1, 0.15) is 46.0 Å². The summed E-state index contributed by atoms with van der Waals surface area (Å²) in [7, 11) is 0. The zero-order valence-corrected chi connectivity index (χ0v) is 9.82. The maximum atomic E-state index is 8.50. The molecule has 4 heteroatoms. The summed E-state index contributed by atoms with van der Waals surface area (Å²) in [5.41, 5.74) is 5.50. The number of hydrogen-bond donors (Lipinski definition) is 2. The Labute approximate surface area is 92.1 Å². The molecule has 0 radical (unpaired) electrons. The van der Waals surface area contributed by atoms with Gasteiger partial charge in [-0.1, -0.05) is 19.0 Å². The molecule has 3 N–H and O–H groups in total. The molecule has 0 aromatic heterocycles. The number of amidine groups is 1. The molecule has 0 aromatic carbocycles. The fourth-order valence-corrected chi connectivity index (χ4v) is 2.12. The standard InChI is InChI=1S/C11H23N3O/c1-3-9(4-2)14(10-5-6-10)8-7-11(12)13-15/h9-10,15H,3-8H2,1-2H3,(H2,12,13). The van der Waals surface area contributed by atoms with E-state index in [4.69, 9.17) is 10.9 Å². The van der Waals surface area contributed by atoms with Crippen LogP contribution in [0.2, 0.25) is 0 Å². The van der Waals surface area contributed by atoms with Crippen LogP contribution in [0.4, 0.5) is 0 Å². The van der Waals surface area contributed by atoms with Gasteiger partial charge in [0.25, 0.3) is 0 Å². The minimum absolute atomic E-state index is 0.339. The third kappa shape index (κ3) is 3.70. The first-order chi connectivity index (χ1) is 7.22. The van der Waals surface area contributed by atoms with E-state index in [2.05, 4.69) is 23.9 Å². The Balaban J connectivity index is 2.43. The van der Waals surface area contributed by atoms with Crippen molar-refractivity contribution in [1.29, 1.82) is 0 Å². The summed E-state index contributed by atoms with van der Waals surface area (Å²) in [4.78, 5) is 2.53. The summed E-state index contributed by atoms with van der Waals surface area (Å²) in [5.74, 6) is 0.339. The molecule has 1 aliphatic carbocycles. The Kier molecular flexibility index (Phi) is 4.88. The van der Waals surface area contributed by atoms with E-state index in [0.29, 0.717) is 18.3 Å². The summed E-state index contributed by atoms with van der Waals surface area (Å²) in [6, 6.07) is 1.41. The Hall–Kier alpha value is -0.770. The summed E-state index contributed by atoms with van der Waals surface area (Å²) in [6.07, 6.45) is 5.66. The van der Waals surface area contributed by atoms with Gasteiger partial charge in [0.2, 0.25) is 0 Å². The number of nitrogens with two attached hydrogens (primary N) is 1. The highest BCUT2D eigenvalue weighted by Gasteiger charge is 2.32. The summed E-state index contributed by atoms with van der Waals surface area (Å²) in [6.45, 7) is 5.38. The maximum Gasteiger partial charge on any atom is 0.140 e. The van der Waals surface area contributed by atoms with E-state index in [-0.39, 0.29) is 0 Å². The zero-order chi connectivity index (χ0) is 11.3. The van der Waals surface area contributed by atoms with Crippen LogP contribution < -0.4 is 5.73 Å². The van der Waals surface area contributed by atoms with Gasteiger partial charge in [-0.3, -0.25) is 4.90 Å². The molecule has 15 heavy (non-hydrogen) atoms. The van der Waals surface area contributed by atoms with Crippen molar-refractivity contribution in [3.8, 4) is 0 Å². The molecule has 0 saturated heterocycles. The minimum Gasteiger partial charge on any atom is -0.409 e. The summed E-state index contributed by atoms with van der Waals surface area (Å²) < 4.78 is 0. The predicted molar refractivity (Wildman–Crippen MR) is 62.1 cm³/mol. The molecule has 0 unspecified atom stereocenters. The first kappa shape index (κ1) is 12.3. The van der Waals surface area contributed by atoms with Crippen molar-refractivity contribution >= 4 is 5.84 Å². The third-order valence-corrected chi connectivity index (χ3v) is 3.18. The first-order valence-corrected chi connectivity index (χ1v) is 5.95. The van der Waals surface area contributed by atoms with Gasteiger partial charge in [-0.25, -0.2) is 0 Å². The van der Waals surface area contributed by atoms with E-state index >= 15 is 0 Å². The molecule has 0 aliphatic heterocycles. The van der Waals surface area contributed by atoms with Crippen molar-refractivity contribution in [3.05, 3.63) is 0 Å². The van der Waals surface area contributed by atoms with Crippen molar-refractivity contribution in [1.82, 2.24) is 4.90 Å².